The number of hydrogen-bond donors (Lipinski definition) is 0. The minimum atomic E-state index is 0.0394. The van der Waals surface area contributed by atoms with Crippen LogP contribution in [-0.2, 0) is 0 Å². The zero-order chi connectivity index (χ0) is 11.8. The summed E-state index contributed by atoms with van der Waals surface area (Å²) in [7, 11) is 0. The Hall–Kier alpha value is -1.39. The number of nitrogens with zero attached hydrogens (tertiary/aromatic N) is 1. The third kappa shape index (κ3) is 1.83. The molecule has 0 spiro atoms. The van der Waals surface area contributed by atoms with Crippen LogP contribution < -0.4 is 5.56 Å². The summed E-state index contributed by atoms with van der Waals surface area (Å²) in [5, 5.41) is 0.758. The molecule has 0 N–H and O–H groups in total. The van der Waals surface area contributed by atoms with Crippen LogP contribution in [0.5, 0.6) is 0 Å². The van der Waals surface area contributed by atoms with Gasteiger partial charge in [0.1, 0.15) is 0 Å². The smallest absolute Gasteiger partial charge is 0.267 e. The molecule has 3 aromatic rings. The fourth-order valence-electron chi connectivity index (χ4n) is 1.73. The molecule has 2 nitrogen and oxygen atoms in total. The van der Waals surface area contributed by atoms with Crippen LogP contribution in [0.3, 0.4) is 0 Å². The minimum Gasteiger partial charge on any atom is -0.267 e. The first-order valence-corrected chi connectivity index (χ1v) is 6.69. The number of hydrogen-bond acceptors (Lipinski definition) is 2. The second kappa shape index (κ2) is 4.13. The molecule has 17 heavy (non-hydrogen) atoms. The summed E-state index contributed by atoms with van der Waals surface area (Å²) >= 11 is 4.86. The molecule has 0 unspecified atom stereocenters. The lowest BCUT2D eigenvalue weighted by molar-refractivity contribution is 1.14. The van der Waals surface area contributed by atoms with Gasteiger partial charge in [0.05, 0.1) is 15.8 Å². The molecule has 0 aliphatic carbocycles. The van der Waals surface area contributed by atoms with Crippen molar-refractivity contribution in [1.29, 1.82) is 0 Å². The molecule has 0 fully saturated rings. The molecule has 0 bridgehead atoms. The van der Waals surface area contributed by atoms with Gasteiger partial charge in [-0.05, 0) is 30.3 Å². The highest BCUT2D eigenvalue weighted by Gasteiger charge is 2.08. The summed E-state index contributed by atoms with van der Waals surface area (Å²) < 4.78 is 3.65. The Balaban J connectivity index is 2.33. The van der Waals surface area contributed by atoms with E-state index in [2.05, 4.69) is 15.9 Å². The molecule has 4 heteroatoms. The van der Waals surface area contributed by atoms with E-state index in [4.69, 9.17) is 0 Å². The summed E-state index contributed by atoms with van der Waals surface area (Å²) in [5.41, 5.74) is 0.951. The van der Waals surface area contributed by atoms with E-state index in [1.54, 1.807) is 3.96 Å². The Labute approximate surface area is 110 Å². The van der Waals surface area contributed by atoms with Crippen molar-refractivity contribution in [2.24, 2.45) is 0 Å². The molecule has 2 aromatic carbocycles. The predicted octanol–water partition coefficient (Wildman–Crippen LogP) is 3.81. The van der Waals surface area contributed by atoms with Gasteiger partial charge in [0, 0.05) is 4.47 Å². The largest absolute Gasteiger partial charge is 0.273 e. The number of fused-ring (bicyclic) bond motifs is 1. The summed E-state index contributed by atoms with van der Waals surface area (Å²) in [6, 6.07) is 15.5. The van der Waals surface area contributed by atoms with Crippen molar-refractivity contribution in [3.8, 4) is 5.69 Å². The monoisotopic (exact) mass is 305 g/mol. The second-order valence-electron chi connectivity index (χ2n) is 3.67. The SMILES string of the molecule is O=c1c2cc(Br)ccc2sn1-c1ccccc1. The molecule has 0 saturated heterocycles. The maximum atomic E-state index is 12.2. The van der Waals surface area contributed by atoms with Gasteiger partial charge in [-0.25, -0.2) is 3.96 Å². The maximum absolute atomic E-state index is 12.2. The standard InChI is InChI=1S/C13H8BrNOS/c14-9-6-7-12-11(8-9)13(16)15(17-12)10-4-2-1-3-5-10/h1-8H. The Morgan fingerprint density at radius 1 is 1.06 bits per heavy atom. The molecule has 1 aromatic heterocycles. The Kier molecular flexibility index (Phi) is 2.61. The van der Waals surface area contributed by atoms with Crippen LogP contribution in [0.15, 0.2) is 57.8 Å². The highest BCUT2D eigenvalue weighted by Crippen LogP contribution is 2.23. The van der Waals surface area contributed by atoms with E-state index in [0.29, 0.717) is 0 Å². The lowest BCUT2D eigenvalue weighted by Crippen LogP contribution is -2.10. The predicted molar refractivity (Wildman–Crippen MR) is 75.1 cm³/mol. The third-order valence-electron chi connectivity index (χ3n) is 2.54. The van der Waals surface area contributed by atoms with Crippen molar-refractivity contribution >= 4 is 37.5 Å². The fourth-order valence-corrected chi connectivity index (χ4v) is 3.07. The van der Waals surface area contributed by atoms with Gasteiger partial charge in [-0.2, -0.15) is 0 Å². The van der Waals surface area contributed by atoms with Gasteiger partial charge in [-0.15, -0.1) is 0 Å². The zero-order valence-corrected chi connectivity index (χ0v) is 11.2. The first-order valence-electron chi connectivity index (χ1n) is 5.13. The van der Waals surface area contributed by atoms with Crippen molar-refractivity contribution in [3.05, 3.63) is 63.4 Å². The van der Waals surface area contributed by atoms with Crippen LogP contribution in [0.4, 0.5) is 0 Å². The lowest BCUT2D eigenvalue weighted by atomic mass is 10.3. The van der Waals surface area contributed by atoms with Gasteiger partial charge >= 0.3 is 0 Å². The van der Waals surface area contributed by atoms with E-state index in [9.17, 15) is 4.79 Å². The van der Waals surface area contributed by atoms with Gasteiger partial charge in [-0.1, -0.05) is 45.7 Å². The molecule has 84 valence electrons. The van der Waals surface area contributed by atoms with E-state index in [0.717, 1.165) is 20.2 Å². The number of rotatable bonds is 1. The first kappa shape index (κ1) is 10.7. The van der Waals surface area contributed by atoms with Gasteiger partial charge in [0.15, 0.2) is 0 Å². The van der Waals surface area contributed by atoms with Crippen LogP contribution in [0.1, 0.15) is 0 Å². The van der Waals surface area contributed by atoms with E-state index in [1.807, 2.05) is 48.5 Å². The van der Waals surface area contributed by atoms with Gasteiger partial charge in [-0.3, -0.25) is 4.79 Å². The van der Waals surface area contributed by atoms with E-state index >= 15 is 0 Å². The molecule has 0 atom stereocenters. The average molecular weight is 306 g/mol. The van der Waals surface area contributed by atoms with Crippen molar-refractivity contribution in [1.82, 2.24) is 3.96 Å². The number of aromatic nitrogens is 1. The highest BCUT2D eigenvalue weighted by atomic mass is 79.9. The molecule has 0 aliphatic rings. The molecule has 0 saturated carbocycles. The normalized spacial score (nSPS) is 10.9. The summed E-state index contributed by atoms with van der Waals surface area (Å²) in [4.78, 5) is 12.2. The van der Waals surface area contributed by atoms with Crippen molar-refractivity contribution in [2.45, 2.75) is 0 Å². The quantitative estimate of drug-likeness (QED) is 0.670. The zero-order valence-electron chi connectivity index (χ0n) is 8.76. The molecule has 1 heterocycles. The topological polar surface area (TPSA) is 22.0 Å². The Morgan fingerprint density at radius 2 is 1.82 bits per heavy atom. The van der Waals surface area contributed by atoms with E-state index in [-0.39, 0.29) is 5.56 Å². The van der Waals surface area contributed by atoms with Crippen LogP contribution in [-0.4, -0.2) is 3.96 Å². The second-order valence-corrected chi connectivity index (χ2v) is 5.57. The molecule has 3 rings (SSSR count). The highest BCUT2D eigenvalue weighted by molar-refractivity contribution is 9.10. The van der Waals surface area contributed by atoms with Crippen LogP contribution >= 0.6 is 27.5 Å². The Bertz CT molecular complexity index is 730. The molecule has 0 radical (unpaired) electrons. The number of halogens is 1. The number of benzene rings is 2. The summed E-state index contributed by atoms with van der Waals surface area (Å²) in [6.07, 6.45) is 0. The lowest BCUT2D eigenvalue weighted by Gasteiger charge is -1.97. The number of para-hydroxylation sites is 1. The van der Waals surface area contributed by atoms with Crippen LogP contribution in [0.2, 0.25) is 0 Å². The maximum Gasteiger partial charge on any atom is 0.273 e. The summed E-state index contributed by atoms with van der Waals surface area (Å²) in [6.45, 7) is 0. The van der Waals surface area contributed by atoms with Crippen molar-refractivity contribution < 1.29 is 0 Å². The molecule has 0 aliphatic heterocycles. The third-order valence-corrected chi connectivity index (χ3v) is 4.14. The molecular formula is C13H8BrNOS. The first-order chi connectivity index (χ1) is 8.25. The molecule has 0 amide bonds. The van der Waals surface area contributed by atoms with E-state index in [1.165, 1.54) is 11.5 Å². The van der Waals surface area contributed by atoms with Crippen LogP contribution in [0.25, 0.3) is 15.8 Å². The Morgan fingerprint density at radius 3 is 2.59 bits per heavy atom. The van der Waals surface area contributed by atoms with Crippen LogP contribution in [0, 0.1) is 0 Å². The fraction of sp³-hybridized carbons (Fsp3) is 0. The van der Waals surface area contributed by atoms with E-state index < -0.39 is 0 Å². The summed E-state index contributed by atoms with van der Waals surface area (Å²) in [5.74, 6) is 0. The van der Waals surface area contributed by atoms with Gasteiger partial charge < -0.3 is 0 Å². The minimum absolute atomic E-state index is 0.0394. The van der Waals surface area contributed by atoms with Gasteiger partial charge in [0.25, 0.3) is 5.56 Å². The average Bonchev–Trinajstić information content (AvgIpc) is 2.68. The van der Waals surface area contributed by atoms with Gasteiger partial charge in [0.2, 0.25) is 0 Å². The molecular weight excluding hydrogens is 298 g/mol. The van der Waals surface area contributed by atoms with Crippen molar-refractivity contribution in [3.63, 3.8) is 0 Å². The van der Waals surface area contributed by atoms with Crippen molar-refractivity contribution in [2.75, 3.05) is 0 Å².